The quantitative estimate of drug-likeness (QED) is 0.772. The molecule has 1 atom stereocenters. The second-order valence-electron chi connectivity index (χ2n) is 5.17. The molecule has 0 heterocycles. The summed E-state index contributed by atoms with van der Waals surface area (Å²) in [5.41, 5.74) is 0.444. The highest BCUT2D eigenvalue weighted by Gasteiger charge is 2.14. The van der Waals surface area contributed by atoms with E-state index >= 15 is 0 Å². The zero-order valence-electron chi connectivity index (χ0n) is 12.6. The fourth-order valence-corrected chi connectivity index (χ4v) is 2.67. The van der Waals surface area contributed by atoms with E-state index in [0.717, 1.165) is 32.1 Å². The van der Waals surface area contributed by atoms with E-state index in [1.807, 2.05) is 0 Å². The van der Waals surface area contributed by atoms with Crippen LogP contribution in [0.15, 0.2) is 29.2 Å². The maximum absolute atomic E-state index is 12.2. The van der Waals surface area contributed by atoms with Gasteiger partial charge < -0.3 is 5.32 Å². The zero-order valence-corrected chi connectivity index (χ0v) is 13.4. The molecular weight excluding hydrogens is 288 g/mol. The van der Waals surface area contributed by atoms with Gasteiger partial charge in [-0.05, 0) is 37.1 Å². The van der Waals surface area contributed by atoms with Crippen molar-refractivity contribution in [1.29, 1.82) is 0 Å². The van der Waals surface area contributed by atoms with Crippen LogP contribution in [0.5, 0.6) is 0 Å². The maximum atomic E-state index is 12.2. The first-order valence-electron chi connectivity index (χ1n) is 7.32. The monoisotopic (exact) mass is 312 g/mol. The van der Waals surface area contributed by atoms with Crippen molar-refractivity contribution in [1.82, 2.24) is 5.32 Å². The summed E-state index contributed by atoms with van der Waals surface area (Å²) < 4.78 is 22.3. The molecule has 5 nitrogen and oxygen atoms in total. The number of carbonyl (C=O) groups is 1. The molecule has 21 heavy (non-hydrogen) atoms. The molecule has 0 aromatic heterocycles. The lowest BCUT2D eigenvalue weighted by molar-refractivity contribution is 0.0932. The van der Waals surface area contributed by atoms with Gasteiger partial charge in [-0.2, -0.15) is 0 Å². The van der Waals surface area contributed by atoms with E-state index in [-0.39, 0.29) is 16.8 Å². The number of nitrogens with two attached hydrogens (primary N) is 1. The van der Waals surface area contributed by atoms with E-state index in [1.54, 1.807) is 0 Å². The number of unbranched alkanes of at least 4 members (excludes halogenated alkanes) is 1. The molecule has 0 aliphatic carbocycles. The summed E-state index contributed by atoms with van der Waals surface area (Å²) in [7, 11) is -3.72. The minimum absolute atomic E-state index is 0.00939. The molecule has 1 aromatic rings. The minimum atomic E-state index is -3.72. The largest absolute Gasteiger partial charge is 0.349 e. The van der Waals surface area contributed by atoms with E-state index in [0.29, 0.717) is 5.56 Å². The molecule has 1 unspecified atom stereocenters. The number of sulfonamides is 1. The SMILES string of the molecule is CCCCC(CCC)NC(=O)c1ccc(S(N)(=O)=O)cc1. The first-order chi connectivity index (χ1) is 9.88. The van der Waals surface area contributed by atoms with Crippen LogP contribution >= 0.6 is 0 Å². The molecule has 0 radical (unpaired) electrons. The molecule has 0 saturated heterocycles. The number of rotatable bonds is 8. The topological polar surface area (TPSA) is 89.3 Å². The van der Waals surface area contributed by atoms with Gasteiger partial charge in [-0.25, -0.2) is 13.6 Å². The summed E-state index contributed by atoms with van der Waals surface area (Å²) in [4.78, 5) is 12.2. The molecule has 0 aliphatic rings. The standard InChI is InChI=1S/C15H24N2O3S/c1-3-5-7-13(6-4-2)17-15(18)12-8-10-14(11-9-12)21(16,19)20/h8-11,13H,3-7H2,1-2H3,(H,17,18)(H2,16,19,20). The van der Waals surface area contributed by atoms with Crippen molar-refractivity contribution in [2.75, 3.05) is 0 Å². The summed E-state index contributed by atoms with van der Waals surface area (Å²) in [5, 5.41) is 8.04. The maximum Gasteiger partial charge on any atom is 0.251 e. The highest BCUT2D eigenvalue weighted by atomic mass is 32.2. The number of carbonyl (C=O) groups excluding carboxylic acids is 1. The van der Waals surface area contributed by atoms with Gasteiger partial charge in [0.1, 0.15) is 0 Å². The highest BCUT2D eigenvalue weighted by molar-refractivity contribution is 7.89. The molecule has 1 amide bonds. The molecule has 0 aliphatic heterocycles. The van der Waals surface area contributed by atoms with E-state index < -0.39 is 10.0 Å². The van der Waals surface area contributed by atoms with Crippen molar-refractivity contribution in [3.05, 3.63) is 29.8 Å². The number of hydrogen-bond acceptors (Lipinski definition) is 3. The predicted octanol–water partition coefficient (Wildman–Crippen LogP) is 2.42. The van der Waals surface area contributed by atoms with Crippen LogP contribution in [0.2, 0.25) is 0 Å². The van der Waals surface area contributed by atoms with Crippen molar-refractivity contribution in [2.24, 2.45) is 5.14 Å². The van der Waals surface area contributed by atoms with Crippen molar-refractivity contribution in [3.8, 4) is 0 Å². The summed E-state index contributed by atoms with van der Waals surface area (Å²) in [6.07, 6.45) is 5.10. The number of hydrogen-bond donors (Lipinski definition) is 2. The number of amides is 1. The van der Waals surface area contributed by atoms with Crippen LogP contribution < -0.4 is 10.5 Å². The fourth-order valence-electron chi connectivity index (χ4n) is 2.15. The van der Waals surface area contributed by atoms with Crippen molar-refractivity contribution < 1.29 is 13.2 Å². The lowest BCUT2D eigenvalue weighted by Crippen LogP contribution is -2.34. The highest BCUT2D eigenvalue weighted by Crippen LogP contribution is 2.11. The third kappa shape index (κ3) is 5.85. The van der Waals surface area contributed by atoms with Gasteiger partial charge in [0, 0.05) is 11.6 Å². The van der Waals surface area contributed by atoms with Gasteiger partial charge in [-0.1, -0.05) is 33.1 Å². The molecular formula is C15H24N2O3S. The number of primary sulfonamides is 1. The van der Waals surface area contributed by atoms with E-state index in [4.69, 9.17) is 5.14 Å². The Morgan fingerprint density at radius 2 is 1.76 bits per heavy atom. The van der Waals surface area contributed by atoms with Crippen molar-refractivity contribution >= 4 is 15.9 Å². The Hall–Kier alpha value is -1.40. The normalized spacial score (nSPS) is 12.9. The molecule has 3 N–H and O–H groups in total. The van der Waals surface area contributed by atoms with Crippen molar-refractivity contribution in [3.63, 3.8) is 0 Å². The lowest BCUT2D eigenvalue weighted by Gasteiger charge is -2.18. The van der Waals surface area contributed by atoms with Gasteiger partial charge in [0.2, 0.25) is 10.0 Å². The molecule has 0 saturated carbocycles. The molecule has 0 bridgehead atoms. The molecule has 118 valence electrons. The van der Waals surface area contributed by atoms with E-state index in [2.05, 4.69) is 19.2 Å². The van der Waals surface area contributed by atoms with Crippen LogP contribution in [0.3, 0.4) is 0 Å². The molecule has 1 aromatic carbocycles. The molecule has 0 spiro atoms. The first kappa shape index (κ1) is 17.7. The predicted molar refractivity (Wildman–Crippen MR) is 83.5 cm³/mol. The van der Waals surface area contributed by atoms with Crippen molar-refractivity contribution in [2.45, 2.75) is 56.9 Å². The Balaban J connectivity index is 2.73. The summed E-state index contributed by atoms with van der Waals surface area (Å²) >= 11 is 0. The van der Waals surface area contributed by atoms with Gasteiger partial charge >= 0.3 is 0 Å². The average molecular weight is 312 g/mol. The van der Waals surface area contributed by atoms with Crippen LogP contribution in [0, 0.1) is 0 Å². The third-order valence-electron chi connectivity index (χ3n) is 3.32. The summed E-state index contributed by atoms with van der Waals surface area (Å²) in [6.45, 7) is 4.21. The van der Waals surface area contributed by atoms with E-state index in [9.17, 15) is 13.2 Å². The van der Waals surface area contributed by atoms with Crippen LogP contribution in [0.25, 0.3) is 0 Å². The Bertz CT molecular complexity index is 553. The fraction of sp³-hybridized carbons (Fsp3) is 0.533. The van der Waals surface area contributed by atoms with Gasteiger partial charge in [0.05, 0.1) is 4.90 Å². The Kier molecular flexibility index (Phi) is 6.84. The van der Waals surface area contributed by atoms with Gasteiger partial charge in [-0.3, -0.25) is 4.79 Å². The summed E-state index contributed by atoms with van der Waals surface area (Å²) in [5.74, 6) is -0.175. The Morgan fingerprint density at radius 1 is 1.14 bits per heavy atom. The summed E-state index contributed by atoms with van der Waals surface area (Å²) in [6, 6.07) is 5.84. The van der Waals surface area contributed by atoms with Crippen LogP contribution in [-0.2, 0) is 10.0 Å². The number of nitrogens with one attached hydrogen (secondary N) is 1. The zero-order chi connectivity index (χ0) is 15.9. The Labute approximate surface area is 127 Å². The lowest BCUT2D eigenvalue weighted by atomic mass is 10.0. The number of benzene rings is 1. The average Bonchev–Trinajstić information content (AvgIpc) is 2.44. The third-order valence-corrected chi connectivity index (χ3v) is 4.25. The molecule has 0 fully saturated rings. The van der Waals surface area contributed by atoms with E-state index in [1.165, 1.54) is 24.3 Å². The second-order valence-corrected chi connectivity index (χ2v) is 6.73. The second kappa shape index (κ2) is 8.14. The van der Waals surface area contributed by atoms with Gasteiger partial charge in [-0.15, -0.1) is 0 Å². The van der Waals surface area contributed by atoms with Gasteiger partial charge in [0.25, 0.3) is 5.91 Å². The van der Waals surface area contributed by atoms with Gasteiger partial charge in [0.15, 0.2) is 0 Å². The molecule has 1 rings (SSSR count). The van der Waals surface area contributed by atoms with Crippen LogP contribution in [-0.4, -0.2) is 20.4 Å². The van der Waals surface area contributed by atoms with Crippen LogP contribution in [0.1, 0.15) is 56.3 Å². The smallest absolute Gasteiger partial charge is 0.251 e. The molecule has 6 heteroatoms. The van der Waals surface area contributed by atoms with Crippen LogP contribution in [0.4, 0.5) is 0 Å². The first-order valence-corrected chi connectivity index (χ1v) is 8.86. The minimum Gasteiger partial charge on any atom is -0.349 e. The Morgan fingerprint density at radius 3 is 2.24 bits per heavy atom.